The van der Waals surface area contributed by atoms with E-state index in [1.54, 1.807) is 0 Å². The van der Waals surface area contributed by atoms with Gasteiger partial charge in [-0.25, -0.2) is 4.79 Å². The second kappa shape index (κ2) is 65.3. The molecule has 488 valence electrons. The molecule has 0 spiro atoms. The van der Waals surface area contributed by atoms with Crippen molar-refractivity contribution in [2.24, 2.45) is 0 Å². The van der Waals surface area contributed by atoms with Gasteiger partial charge in [0.1, 0.15) is 13.2 Å². The number of carbonyl (C=O) groups is 3. The minimum atomic E-state index is -1.50. The Bertz CT molecular complexity index is 1300. The van der Waals surface area contributed by atoms with Gasteiger partial charge in [0.15, 0.2) is 6.10 Å². The maximum absolute atomic E-state index is 12.9. The molecular weight excluding hydrogens is 1020 g/mol. The number of carboxylic acids is 1. The molecule has 0 saturated carbocycles. The van der Waals surface area contributed by atoms with Crippen LogP contribution in [0.4, 0.5) is 0 Å². The van der Waals surface area contributed by atoms with Crippen molar-refractivity contribution in [3.8, 4) is 0 Å². The lowest BCUT2D eigenvalue weighted by molar-refractivity contribution is -0.870. The normalized spacial score (nSPS) is 12.5. The van der Waals surface area contributed by atoms with Crippen LogP contribution in [-0.4, -0.2) is 87.4 Å². The number of nitrogens with zero attached hydrogens (tertiary/aromatic N) is 1. The van der Waals surface area contributed by atoms with Gasteiger partial charge in [0, 0.05) is 12.8 Å². The van der Waals surface area contributed by atoms with Crippen molar-refractivity contribution < 1.29 is 42.9 Å². The first-order chi connectivity index (χ1) is 40.1. The van der Waals surface area contributed by atoms with Crippen LogP contribution >= 0.6 is 0 Å². The van der Waals surface area contributed by atoms with Gasteiger partial charge in [-0.3, -0.25) is 9.59 Å². The van der Waals surface area contributed by atoms with Crippen LogP contribution in [0.25, 0.3) is 0 Å². The van der Waals surface area contributed by atoms with Crippen molar-refractivity contribution in [2.45, 2.75) is 405 Å². The lowest BCUT2D eigenvalue weighted by atomic mass is 10.0. The van der Waals surface area contributed by atoms with Crippen LogP contribution in [0.5, 0.6) is 0 Å². The molecule has 0 aromatic rings. The van der Waals surface area contributed by atoms with Crippen LogP contribution in [0, 0.1) is 0 Å². The molecule has 82 heavy (non-hydrogen) atoms. The Morgan fingerprint density at radius 3 is 0.780 bits per heavy atom. The Kier molecular flexibility index (Phi) is 63.9. The number of carboxylic acid groups (broad SMARTS) is 1. The summed E-state index contributed by atoms with van der Waals surface area (Å²) in [5, 5.41) is 9.75. The first-order valence-corrected chi connectivity index (χ1v) is 36.7. The van der Waals surface area contributed by atoms with Gasteiger partial charge >= 0.3 is 17.9 Å². The van der Waals surface area contributed by atoms with E-state index in [1.807, 2.05) is 21.1 Å². The molecule has 0 saturated heterocycles. The van der Waals surface area contributed by atoms with E-state index in [1.165, 1.54) is 327 Å². The molecule has 0 aromatic carbocycles. The summed E-state index contributed by atoms with van der Waals surface area (Å²) in [6.45, 7) is 4.98. The van der Waals surface area contributed by atoms with E-state index in [9.17, 15) is 19.5 Å². The molecule has 0 aromatic heterocycles. The highest BCUT2D eigenvalue weighted by Gasteiger charge is 2.25. The van der Waals surface area contributed by atoms with Crippen LogP contribution in [0.3, 0.4) is 0 Å². The average molecular weight is 1160 g/mol. The van der Waals surface area contributed by atoms with Gasteiger partial charge in [-0.05, 0) is 12.8 Å². The SMILES string of the molecule is CCCCCCCCCCCCCCCCCCCCCCCCCCCCCCCCCCCCC(=O)OC(COC(=O)CCCCCCCCCCCCCCCCCCCCCCCCC)COC(OCC[N+](C)(C)C)C(=O)O. The minimum absolute atomic E-state index is 0.172. The van der Waals surface area contributed by atoms with Crippen LogP contribution in [0.15, 0.2) is 0 Å². The number of rotatable bonds is 70. The van der Waals surface area contributed by atoms with Gasteiger partial charge in [0.2, 0.25) is 0 Å². The number of unbranched alkanes of at least 4 members (excludes halogenated alkanes) is 55. The standard InChI is InChI=1S/C73H143NO8/c1-6-8-10-12-14-16-18-20-22-24-26-28-30-31-32-33-34-35-36-37-38-39-40-42-44-46-48-50-52-54-56-58-60-62-64-71(76)82-69(68-81-73(72(77)78)79-66-65-74(3,4)5)67-80-70(75)63-61-59-57-55-53-51-49-47-45-43-41-29-27-25-23-21-19-17-15-13-11-9-7-2/h69,73H,6-68H2,1-5H3/p+1. The second-order valence-electron chi connectivity index (χ2n) is 26.6. The highest BCUT2D eigenvalue weighted by Crippen LogP contribution is 2.20. The van der Waals surface area contributed by atoms with Crippen molar-refractivity contribution in [1.29, 1.82) is 0 Å². The third-order valence-corrected chi connectivity index (χ3v) is 17.1. The molecule has 0 aliphatic heterocycles. The number of aliphatic carboxylic acids is 1. The Morgan fingerprint density at radius 2 is 0.549 bits per heavy atom. The molecule has 0 bridgehead atoms. The van der Waals surface area contributed by atoms with Gasteiger partial charge in [0.25, 0.3) is 6.29 Å². The molecule has 0 heterocycles. The Balaban J connectivity index is 3.99. The van der Waals surface area contributed by atoms with Gasteiger partial charge in [0.05, 0.1) is 34.4 Å². The second-order valence-corrected chi connectivity index (χ2v) is 26.6. The highest BCUT2D eigenvalue weighted by molar-refractivity contribution is 5.71. The fourth-order valence-electron chi connectivity index (χ4n) is 11.5. The van der Waals surface area contributed by atoms with E-state index in [4.69, 9.17) is 18.9 Å². The molecule has 2 unspecified atom stereocenters. The predicted octanol–water partition coefficient (Wildman–Crippen LogP) is 22.6. The van der Waals surface area contributed by atoms with Crippen molar-refractivity contribution in [1.82, 2.24) is 0 Å². The minimum Gasteiger partial charge on any atom is -0.477 e. The summed E-state index contributed by atoms with van der Waals surface area (Å²) >= 11 is 0. The summed E-state index contributed by atoms with van der Waals surface area (Å²) in [6.07, 6.45) is 75.3. The van der Waals surface area contributed by atoms with E-state index in [-0.39, 0.29) is 38.2 Å². The number of carbonyl (C=O) groups excluding carboxylic acids is 2. The van der Waals surface area contributed by atoms with Crippen LogP contribution in [0.2, 0.25) is 0 Å². The molecule has 0 radical (unpaired) electrons. The maximum atomic E-state index is 12.9. The largest absolute Gasteiger partial charge is 0.477 e. The molecule has 9 nitrogen and oxygen atoms in total. The summed E-state index contributed by atoms with van der Waals surface area (Å²) in [4.78, 5) is 37.6. The molecule has 0 aliphatic carbocycles. The van der Waals surface area contributed by atoms with Crippen molar-refractivity contribution in [3.63, 3.8) is 0 Å². The fourth-order valence-corrected chi connectivity index (χ4v) is 11.5. The molecule has 9 heteroatoms. The zero-order chi connectivity index (χ0) is 59.8. The van der Waals surface area contributed by atoms with E-state index in [0.717, 1.165) is 38.5 Å². The van der Waals surface area contributed by atoms with Gasteiger partial charge in [-0.2, -0.15) is 0 Å². The Morgan fingerprint density at radius 1 is 0.317 bits per heavy atom. The molecule has 0 fully saturated rings. The average Bonchev–Trinajstić information content (AvgIpc) is 3.45. The summed E-state index contributed by atoms with van der Waals surface area (Å²) < 4.78 is 23.0. The molecule has 0 aliphatic rings. The molecule has 0 amide bonds. The molecule has 0 rings (SSSR count). The van der Waals surface area contributed by atoms with Gasteiger partial charge < -0.3 is 28.5 Å². The molecular formula is C73H144NO8+. The lowest BCUT2D eigenvalue weighted by Crippen LogP contribution is -2.40. The number of quaternary nitrogens is 1. The van der Waals surface area contributed by atoms with Crippen LogP contribution < -0.4 is 0 Å². The summed E-state index contributed by atoms with van der Waals surface area (Å²) in [5.41, 5.74) is 0. The molecule has 2 atom stereocenters. The smallest absolute Gasteiger partial charge is 0.361 e. The molecule has 1 N–H and O–H groups in total. The van der Waals surface area contributed by atoms with Crippen molar-refractivity contribution in [3.05, 3.63) is 0 Å². The van der Waals surface area contributed by atoms with E-state index >= 15 is 0 Å². The Labute approximate surface area is 511 Å². The monoisotopic (exact) mass is 1160 g/mol. The summed E-state index contributed by atoms with van der Waals surface area (Å²) in [6, 6.07) is 0. The van der Waals surface area contributed by atoms with E-state index in [0.29, 0.717) is 17.4 Å². The summed E-state index contributed by atoms with van der Waals surface area (Å²) in [5.74, 6) is -1.96. The highest BCUT2D eigenvalue weighted by atomic mass is 16.7. The fraction of sp³-hybridized carbons (Fsp3) is 0.959. The van der Waals surface area contributed by atoms with E-state index in [2.05, 4.69) is 13.8 Å². The van der Waals surface area contributed by atoms with Crippen molar-refractivity contribution >= 4 is 17.9 Å². The quantitative estimate of drug-likeness (QED) is 0.0278. The Hall–Kier alpha value is -1.71. The number of esters is 2. The predicted molar refractivity (Wildman–Crippen MR) is 351 cm³/mol. The number of hydrogen-bond donors (Lipinski definition) is 1. The zero-order valence-electron chi connectivity index (χ0n) is 56.0. The first kappa shape index (κ1) is 80.3. The van der Waals surface area contributed by atoms with Gasteiger partial charge in [-0.15, -0.1) is 0 Å². The van der Waals surface area contributed by atoms with Crippen LogP contribution in [0.1, 0.15) is 393 Å². The zero-order valence-corrected chi connectivity index (χ0v) is 56.0. The third kappa shape index (κ3) is 65.8. The van der Waals surface area contributed by atoms with Crippen LogP contribution in [-0.2, 0) is 33.3 Å². The number of hydrogen-bond acceptors (Lipinski definition) is 7. The van der Waals surface area contributed by atoms with Gasteiger partial charge in [-0.1, -0.05) is 367 Å². The lowest BCUT2D eigenvalue weighted by Gasteiger charge is -2.25. The van der Waals surface area contributed by atoms with Crippen molar-refractivity contribution in [2.75, 3.05) is 47.5 Å². The number of ether oxygens (including phenoxy) is 4. The first-order valence-electron chi connectivity index (χ1n) is 36.7. The third-order valence-electron chi connectivity index (χ3n) is 17.1. The van der Waals surface area contributed by atoms with E-state index < -0.39 is 18.4 Å². The summed E-state index contributed by atoms with van der Waals surface area (Å²) in [7, 11) is 6.00. The maximum Gasteiger partial charge on any atom is 0.361 e. The topological polar surface area (TPSA) is 108 Å². The number of likely N-dealkylation sites (N-methyl/N-ethyl adjacent to an activating group) is 1.